The summed E-state index contributed by atoms with van der Waals surface area (Å²) in [7, 11) is 0. The fraction of sp³-hybridized carbons (Fsp3) is 0.500. The van der Waals surface area contributed by atoms with Crippen LogP contribution in [-0.4, -0.2) is 37.0 Å². The van der Waals surface area contributed by atoms with E-state index in [1.807, 2.05) is 0 Å². The Bertz CT molecular complexity index is 439. The third kappa shape index (κ3) is 4.85. The standard InChI is InChI=1S/C14H21Cl2N3O/c1-3-19(4-2)7-5-6-18-14(20)10-8-11(15)13(17)12(16)9-10/h8-9H,3-7,17H2,1-2H3,(H,18,20). The number of hydrogen-bond acceptors (Lipinski definition) is 3. The van der Waals surface area contributed by atoms with Crippen LogP contribution >= 0.6 is 23.2 Å². The highest BCUT2D eigenvalue weighted by molar-refractivity contribution is 6.39. The predicted octanol–water partition coefficient (Wildman–Crippen LogP) is 3.04. The molecular formula is C14H21Cl2N3O. The number of nitrogens with zero attached hydrogens (tertiary/aromatic N) is 1. The van der Waals surface area contributed by atoms with Crippen LogP contribution in [-0.2, 0) is 0 Å². The van der Waals surface area contributed by atoms with E-state index in [-0.39, 0.29) is 5.91 Å². The van der Waals surface area contributed by atoms with Crippen molar-refractivity contribution in [2.45, 2.75) is 20.3 Å². The van der Waals surface area contributed by atoms with Gasteiger partial charge in [0.15, 0.2) is 0 Å². The molecule has 0 radical (unpaired) electrons. The van der Waals surface area contributed by atoms with Crippen molar-refractivity contribution < 1.29 is 4.79 Å². The summed E-state index contributed by atoms with van der Waals surface area (Å²) < 4.78 is 0. The second kappa shape index (κ2) is 8.35. The van der Waals surface area contributed by atoms with Gasteiger partial charge in [-0.2, -0.15) is 0 Å². The van der Waals surface area contributed by atoms with Crippen LogP contribution in [0.2, 0.25) is 10.0 Å². The minimum Gasteiger partial charge on any atom is -0.396 e. The first kappa shape index (κ1) is 17.1. The van der Waals surface area contributed by atoms with Gasteiger partial charge in [-0.25, -0.2) is 0 Å². The Balaban J connectivity index is 2.47. The van der Waals surface area contributed by atoms with Gasteiger partial charge in [0, 0.05) is 12.1 Å². The maximum absolute atomic E-state index is 12.0. The monoisotopic (exact) mass is 317 g/mol. The third-order valence-corrected chi connectivity index (χ3v) is 3.80. The summed E-state index contributed by atoms with van der Waals surface area (Å²) in [5.74, 6) is -0.187. The van der Waals surface area contributed by atoms with E-state index >= 15 is 0 Å². The van der Waals surface area contributed by atoms with Gasteiger partial charge >= 0.3 is 0 Å². The average molecular weight is 318 g/mol. The molecule has 1 aromatic carbocycles. The lowest BCUT2D eigenvalue weighted by molar-refractivity contribution is 0.0952. The van der Waals surface area contributed by atoms with Crippen molar-refractivity contribution in [2.75, 3.05) is 31.9 Å². The van der Waals surface area contributed by atoms with E-state index in [0.717, 1.165) is 26.1 Å². The fourth-order valence-corrected chi connectivity index (χ4v) is 2.35. The molecule has 0 fully saturated rings. The Morgan fingerprint density at radius 3 is 2.30 bits per heavy atom. The number of anilines is 1. The maximum Gasteiger partial charge on any atom is 0.251 e. The summed E-state index contributed by atoms with van der Waals surface area (Å²) in [6.07, 6.45) is 0.907. The van der Waals surface area contributed by atoms with Crippen molar-refractivity contribution in [2.24, 2.45) is 0 Å². The highest BCUT2D eigenvalue weighted by atomic mass is 35.5. The Labute approximate surface area is 130 Å². The van der Waals surface area contributed by atoms with E-state index in [2.05, 4.69) is 24.1 Å². The number of carbonyl (C=O) groups excluding carboxylic acids is 1. The normalized spacial score (nSPS) is 10.8. The Morgan fingerprint density at radius 2 is 1.80 bits per heavy atom. The van der Waals surface area contributed by atoms with Crippen LogP contribution in [0.1, 0.15) is 30.6 Å². The van der Waals surface area contributed by atoms with E-state index < -0.39 is 0 Å². The molecule has 0 heterocycles. The van der Waals surface area contributed by atoms with Crippen molar-refractivity contribution in [3.63, 3.8) is 0 Å². The predicted molar refractivity (Wildman–Crippen MR) is 85.6 cm³/mol. The summed E-state index contributed by atoms with van der Waals surface area (Å²) in [5.41, 5.74) is 6.36. The number of hydrogen-bond donors (Lipinski definition) is 2. The molecular weight excluding hydrogens is 297 g/mol. The quantitative estimate of drug-likeness (QED) is 0.600. The Kier molecular flexibility index (Phi) is 7.13. The second-order valence-corrected chi connectivity index (χ2v) is 5.30. The highest BCUT2D eigenvalue weighted by Crippen LogP contribution is 2.28. The fourth-order valence-electron chi connectivity index (χ4n) is 1.86. The lowest BCUT2D eigenvalue weighted by atomic mass is 10.2. The first-order chi connectivity index (χ1) is 9.49. The minimum atomic E-state index is -0.187. The largest absolute Gasteiger partial charge is 0.396 e. The van der Waals surface area contributed by atoms with E-state index in [9.17, 15) is 4.79 Å². The van der Waals surface area contributed by atoms with Gasteiger partial charge in [0.05, 0.1) is 15.7 Å². The first-order valence-corrected chi connectivity index (χ1v) is 7.50. The molecule has 20 heavy (non-hydrogen) atoms. The number of amides is 1. The van der Waals surface area contributed by atoms with Crippen LogP contribution in [0.15, 0.2) is 12.1 Å². The number of carbonyl (C=O) groups is 1. The van der Waals surface area contributed by atoms with Gasteiger partial charge in [-0.05, 0) is 38.2 Å². The SMILES string of the molecule is CCN(CC)CCCNC(=O)c1cc(Cl)c(N)c(Cl)c1. The summed E-state index contributed by atoms with van der Waals surface area (Å²) in [6, 6.07) is 3.06. The van der Waals surface area contributed by atoms with Crippen LogP contribution < -0.4 is 11.1 Å². The molecule has 0 aromatic heterocycles. The smallest absolute Gasteiger partial charge is 0.251 e. The number of halogens is 2. The molecule has 0 aliphatic rings. The first-order valence-electron chi connectivity index (χ1n) is 6.74. The van der Waals surface area contributed by atoms with E-state index in [1.54, 1.807) is 0 Å². The Morgan fingerprint density at radius 1 is 1.25 bits per heavy atom. The van der Waals surface area contributed by atoms with Crippen LogP contribution in [0.4, 0.5) is 5.69 Å². The molecule has 6 heteroatoms. The van der Waals surface area contributed by atoms with Gasteiger partial charge in [0.25, 0.3) is 5.91 Å². The summed E-state index contributed by atoms with van der Waals surface area (Å²) in [5, 5.41) is 3.45. The van der Waals surface area contributed by atoms with E-state index in [0.29, 0.717) is 27.8 Å². The minimum absolute atomic E-state index is 0.187. The van der Waals surface area contributed by atoms with Crippen molar-refractivity contribution in [3.05, 3.63) is 27.7 Å². The molecule has 0 unspecified atom stereocenters. The Hall–Kier alpha value is -0.970. The van der Waals surface area contributed by atoms with Crippen LogP contribution in [0.3, 0.4) is 0 Å². The molecule has 0 aliphatic carbocycles. The van der Waals surface area contributed by atoms with E-state index in [4.69, 9.17) is 28.9 Å². The summed E-state index contributed by atoms with van der Waals surface area (Å²) in [6.45, 7) is 7.88. The number of nitrogens with two attached hydrogens (primary N) is 1. The average Bonchev–Trinajstić information content (AvgIpc) is 2.44. The summed E-state index contributed by atoms with van der Waals surface area (Å²) in [4.78, 5) is 14.3. The van der Waals surface area contributed by atoms with Crippen molar-refractivity contribution >= 4 is 34.8 Å². The molecule has 1 amide bonds. The maximum atomic E-state index is 12.0. The van der Waals surface area contributed by atoms with Crippen LogP contribution in [0.5, 0.6) is 0 Å². The van der Waals surface area contributed by atoms with Gasteiger partial charge in [0.2, 0.25) is 0 Å². The molecule has 0 saturated carbocycles. The zero-order valence-electron chi connectivity index (χ0n) is 11.9. The number of nitrogens with one attached hydrogen (secondary N) is 1. The van der Waals surface area contributed by atoms with Crippen molar-refractivity contribution in [1.82, 2.24) is 10.2 Å². The van der Waals surface area contributed by atoms with Crippen molar-refractivity contribution in [3.8, 4) is 0 Å². The highest BCUT2D eigenvalue weighted by Gasteiger charge is 2.10. The van der Waals surface area contributed by atoms with Gasteiger partial charge in [-0.1, -0.05) is 37.0 Å². The van der Waals surface area contributed by atoms with Crippen LogP contribution in [0.25, 0.3) is 0 Å². The molecule has 1 rings (SSSR count). The molecule has 4 nitrogen and oxygen atoms in total. The molecule has 0 aliphatic heterocycles. The molecule has 0 bridgehead atoms. The topological polar surface area (TPSA) is 58.4 Å². The number of nitrogen functional groups attached to an aromatic ring is 1. The number of rotatable bonds is 7. The van der Waals surface area contributed by atoms with Gasteiger partial charge in [0.1, 0.15) is 0 Å². The van der Waals surface area contributed by atoms with E-state index in [1.165, 1.54) is 12.1 Å². The zero-order valence-corrected chi connectivity index (χ0v) is 13.4. The molecule has 1 aromatic rings. The molecule has 0 spiro atoms. The number of benzene rings is 1. The molecule has 0 atom stereocenters. The molecule has 112 valence electrons. The second-order valence-electron chi connectivity index (χ2n) is 4.49. The molecule has 3 N–H and O–H groups in total. The lowest BCUT2D eigenvalue weighted by Gasteiger charge is -2.17. The summed E-state index contributed by atoms with van der Waals surface area (Å²) >= 11 is 11.8. The van der Waals surface area contributed by atoms with Gasteiger partial charge < -0.3 is 16.0 Å². The molecule has 0 saturated heterocycles. The van der Waals surface area contributed by atoms with Crippen molar-refractivity contribution in [1.29, 1.82) is 0 Å². The lowest BCUT2D eigenvalue weighted by Crippen LogP contribution is -2.29. The van der Waals surface area contributed by atoms with Crippen LogP contribution in [0, 0.1) is 0 Å². The van der Waals surface area contributed by atoms with Gasteiger partial charge in [-0.15, -0.1) is 0 Å². The van der Waals surface area contributed by atoms with Gasteiger partial charge in [-0.3, -0.25) is 4.79 Å². The third-order valence-electron chi connectivity index (χ3n) is 3.17. The zero-order chi connectivity index (χ0) is 15.1.